The lowest BCUT2D eigenvalue weighted by atomic mass is 10.2. The fourth-order valence-corrected chi connectivity index (χ4v) is 1.45. The number of alkyl halides is 1. The quantitative estimate of drug-likeness (QED) is 0.463. The fourth-order valence-electron chi connectivity index (χ4n) is 1.18. The SMILES string of the molecule is CC(=O)O[C@@H]1[C@@H](CO)OC(O)[C@@H]1Cl. The molecule has 5 nitrogen and oxygen atoms in total. The molecule has 6 heteroatoms. The Kier molecular flexibility index (Phi) is 3.49. The Morgan fingerprint density at radius 1 is 1.69 bits per heavy atom. The smallest absolute Gasteiger partial charge is 0.303 e. The first kappa shape index (κ1) is 10.7. The lowest BCUT2D eigenvalue weighted by Crippen LogP contribution is -2.35. The molecular formula is C7H11ClO5. The van der Waals surface area contributed by atoms with E-state index >= 15 is 0 Å². The molecule has 1 aliphatic heterocycles. The van der Waals surface area contributed by atoms with E-state index in [2.05, 4.69) is 0 Å². The number of aliphatic hydroxyl groups is 2. The van der Waals surface area contributed by atoms with Gasteiger partial charge in [0.2, 0.25) is 0 Å². The van der Waals surface area contributed by atoms with Gasteiger partial charge in [-0.15, -0.1) is 11.6 Å². The highest BCUT2D eigenvalue weighted by Gasteiger charge is 2.44. The van der Waals surface area contributed by atoms with Gasteiger partial charge in [0.25, 0.3) is 0 Å². The summed E-state index contributed by atoms with van der Waals surface area (Å²) in [6.07, 6.45) is -2.75. The maximum Gasteiger partial charge on any atom is 0.303 e. The Bertz CT molecular complexity index is 197. The van der Waals surface area contributed by atoms with Crippen molar-refractivity contribution in [3.05, 3.63) is 0 Å². The third-order valence-corrected chi connectivity index (χ3v) is 2.21. The second-order valence-corrected chi connectivity index (χ2v) is 3.27. The first-order chi connectivity index (χ1) is 6.06. The summed E-state index contributed by atoms with van der Waals surface area (Å²) < 4.78 is 9.61. The largest absolute Gasteiger partial charge is 0.458 e. The molecule has 1 saturated heterocycles. The summed E-state index contributed by atoms with van der Waals surface area (Å²) in [5.41, 5.74) is 0. The van der Waals surface area contributed by atoms with Gasteiger partial charge in [0.1, 0.15) is 11.5 Å². The zero-order chi connectivity index (χ0) is 10.0. The topological polar surface area (TPSA) is 76.0 Å². The van der Waals surface area contributed by atoms with Crippen LogP contribution in [0.25, 0.3) is 0 Å². The molecule has 0 aliphatic carbocycles. The first-order valence-electron chi connectivity index (χ1n) is 3.82. The minimum absolute atomic E-state index is 0.349. The van der Waals surface area contributed by atoms with Gasteiger partial charge in [-0.05, 0) is 0 Å². The second kappa shape index (κ2) is 4.23. The molecule has 1 fully saturated rings. The zero-order valence-electron chi connectivity index (χ0n) is 7.01. The normalized spacial score (nSPS) is 39.1. The van der Waals surface area contributed by atoms with Crippen LogP contribution in [0.1, 0.15) is 6.92 Å². The molecule has 0 aromatic carbocycles. The molecule has 1 heterocycles. The number of hydrogen-bond donors (Lipinski definition) is 2. The van der Waals surface area contributed by atoms with Crippen LogP contribution in [0.2, 0.25) is 0 Å². The average Bonchev–Trinajstić information content (AvgIpc) is 2.31. The number of ether oxygens (including phenoxy) is 2. The molecule has 2 N–H and O–H groups in total. The molecule has 13 heavy (non-hydrogen) atoms. The van der Waals surface area contributed by atoms with Crippen molar-refractivity contribution in [2.24, 2.45) is 0 Å². The number of carbonyl (C=O) groups excluding carboxylic acids is 1. The molecule has 0 aromatic rings. The molecule has 1 aliphatic rings. The Morgan fingerprint density at radius 2 is 2.31 bits per heavy atom. The van der Waals surface area contributed by atoms with Crippen LogP contribution in [-0.4, -0.2) is 46.7 Å². The van der Waals surface area contributed by atoms with Crippen molar-refractivity contribution in [3.8, 4) is 0 Å². The van der Waals surface area contributed by atoms with Crippen LogP contribution in [0.4, 0.5) is 0 Å². The summed E-state index contributed by atoms with van der Waals surface area (Å²) in [6, 6.07) is 0. The summed E-state index contributed by atoms with van der Waals surface area (Å²) >= 11 is 5.68. The molecule has 0 spiro atoms. The van der Waals surface area contributed by atoms with E-state index in [-0.39, 0.29) is 6.61 Å². The van der Waals surface area contributed by atoms with Crippen molar-refractivity contribution in [1.82, 2.24) is 0 Å². The zero-order valence-corrected chi connectivity index (χ0v) is 7.77. The second-order valence-electron chi connectivity index (χ2n) is 2.77. The van der Waals surface area contributed by atoms with Crippen LogP contribution < -0.4 is 0 Å². The Labute approximate surface area is 80.2 Å². The van der Waals surface area contributed by atoms with Crippen molar-refractivity contribution in [1.29, 1.82) is 0 Å². The minimum atomic E-state index is -1.21. The predicted molar refractivity (Wildman–Crippen MR) is 43.2 cm³/mol. The van der Waals surface area contributed by atoms with Gasteiger partial charge in [-0.1, -0.05) is 0 Å². The minimum Gasteiger partial charge on any atom is -0.458 e. The third-order valence-electron chi connectivity index (χ3n) is 1.75. The summed E-state index contributed by atoms with van der Waals surface area (Å²) in [5, 5.41) is 17.1. The third kappa shape index (κ3) is 2.31. The van der Waals surface area contributed by atoms with Gasteiger partial charge < -0.3 is 19.7 Å². The van der Waals surface area contributed by atoms with E-state index in [4.69, 9.17) is 31.3 Å². The van der Waals surface area contributed by atoms with Crippen LogP contribution in [0.15, 0.2) is 0 Å². The van der Waals surface area contributed by atoms with E-state index in [1.54, 1.807) is 0 Å². The van der Waals surface area contributed by atoms with Gasteiger partial charge in [-0.3, -0.25) is 4.79 Å². The van der Waals surface area contributed by atoms with Gasteiger partial charge in [-0.25, -0.2) is 0 Å². The average molecular weight is 211 g/mol. The van der Waals surface area contributed by atoms with Crippen molar-refractivity contribution < 1.29 is 24.5 Å². The molecule has 0 amide bonds. The number of aliphatic hydroxyl groups excluding tert-OH is 2. The van der Waals surface area contributed by atoms with Crippen molar-refractivity contribution in [3.63, 3.8) is 0 Å². The number of hydrogen-bond acceptors (Lipinski definition) is 5. The van der Waals surface area contributed by atoms with Gasteiger partial charge in [-0.2, -0.15) is 0 Å². The van der Waals surface area contributed by atoms with Crippen LogP contribution in [0.5, 0.6) is 0 Å². The lowest BCUT2D eigenvalue weighted by Gasteiger charge is -2.17. The van der Waals surface area contributed by atoms with Crippen LogP contribution in [-0.2, 0) is 14.3 Å². The van der Waals surface area contributed by atoms with Crippen molar-refractivity contribution in [2.45, 2.75) is 30.8 Å². The highest BCUT2D eigenvalue weighted by molar-refractivity contribution is 6.21. The molecule has 0 bridgehead atoms. The van der Waals surface area contributed by atoms with Gasteiger partial charge in [0.05, 0.1) is 6.61 Å². The molecule has 0 radical (unpaired) electrons. The van der Waals surface area contributed by atoms with E-state index in [1.165, 1.54) is 6.92 Å². The highest BCUT2D eigenvalue weighted by Crippen LogP contribution is 2.26. The van der Waals surface area contributed by atoms with Gasteiger partial charge in [0.15, 0.2) is 12.4 Å². The number of halogens is 1. The Morgan fingerprint density at radius 3 is 2.77 bits per heavy atom. The van der Waals surface area contributed by atoms with Crippen molar-refractivity contribution >= 4 is 17.6 Å². The molecule has 76 valence electrons. The van der Waals surface area contributed by atoms with Gasteiger partial charge >= 0.3 is 5.97 Å². The molecule has 4 atom stereocenters. The highest BCUT2D eigenvalue weighted by atomic mass is 35.5. The molecule has 0 aromatic heterocycles. The maximum absolute atomic E-state index is 10.6. The number of esters is 1. The molecule has 0 saturated carbocycles. The molecule has 1 rings (SSSR count). The fraction of sp³-hybridized carbons (Fsp3) is 0.857. The maximum atomic E-state index is 10.6. The predicted octanol–water partition coefficient (Wildman–Crippen LogP) is -0.765. The molecular weight excluding hydrogens is 200 g/mol. The number of carbonyl (C=O) groups is 1. The standard InChI is InChI=1S/C7H11ClO5/c1-3(10)12-6-4(2-9)13-7(11)5(6)8/h4-7,9,11H,2H2,1H3/t4-,5-,6-,7?/m1/s1. The van der Waals surface area contributed by atoms with Gasteiger partial charge in [0, 0.05) is 6.92 Å². The summed E-state index contributed by atoms with van der Waals surface area (Å²) in [7, 11) is 0. The van der Waals surface area contributed by atoms with Crippen LogP contribution >= 0.6 is 11.6 Å². The first-order valence-corrected chi connectivity index (χ1v) is 4.25. The number of rotatable bonds is 2. The van der Waals surface area contributed by atoms with E-state index in [1.807, 2.05) is 0 Å². The summed E-state index contributed by atoms with van der Waals surface area (Å²) in [5.74, 6) is -0.521. The van der Waals surface area contributed by atoms with Crippen LogP contribution in [0, 0.1) is 0 Å². The van der Waals surface area contributed by atoms with E-state index in [9.17, 15) is 4.79 Å². The summed E-state index contributed by atoms with van der Waals surface area (Å²) in [6.45, 7) is 0.876. The lowest BCUT2D eigenvalue weighted by molar-refractivity contribution is -0.151. The Balaban J connectivity index is 2.62. The van der Waals surface area contributed by atoms with Crippen molar-refractivity contribution in [2.75, 3.05) is 6.61 Å². The van der Waals surface area contributed by atoms with Crippen LogP contribution in [0.3, 0.4) is 0 Å². The van der Waals surface area contributed by atoms with E-state index < -0.39 is 29.8 Å². The Hall–Kier alpha value is -0.360. The monoisotopic (exact) mass is 210 g/mol. The molecule has 1 unspecified atom stereocenters. The summed E-state index contributed by atoms with van der Waals surface area (Å²) in [4.78, 5) is 10.6. The van der Waals surface area contributed by atoms with E-state index in [0.717, 1.165) is 0 Å². The van der Waals surface area contributed by atoms with E-state index in [0.29, 0.717) is 0 Å².